The molecule has 0 saturated carbocycles. The van der Waals surface area contributed by atoms with Gasteiger partial charge >= 0.3 is 0 Å². The SMILES string of the molecule is C=C(C#N)CS(=O)(=O)Cl. The fraction of sp³-hybridized carbons (Fsp3) is 0.250. The van der Waals surface area contributed by atoms with Gasteiger partial charge in [-0.3, -0.25) is 0 Å². The second kappa shape index (κ2) is 2.85. The van der Waals surface area contributed by atoms with Gasteiger partial charge in [-0.1, -0.05) is 6.58 Å². The van der Waals surface area contributed by atoms with Crippen molar-refractivity contribution in [2.75, 3.05) is 5.75 Å². The Morgan fingerprint density at radius 1 is 1.78 bits per heavy atom. The van der Waals surface area contributed by atoms with E-state index < -0.39 is 14.8 Å². The minimum Gasteiger partial charge on any atom is -0.212 e. The molecule has 0 aromatic heterocycles. The molecule has 0 unspecified atom stereocenters. The Morgan fingerprint density at radius 3 is 2.33 bits per heavy atom. The van der Waals surface area contributed by atoms with Gasteiger partial charge in [-0.05, 0) is 0 Å². The summed E-state index contributed by atoms with van der Waals surface area (Å²) >= 11 is 0. The summed E-state index contributed by atoms with van der Waals surface area (Å²) in [6.07, 6.45) is 0. The van der Waals surface area contributed by atoms with Crippen molar-refractivity contribution >= 4 is 19.7 Å². The molecule has 50 valence electrons. The Balaban J connectivity index is 4.12. The van der Waals surface area contributed by atoms with Crippen LogP contribution < -0.4 is 0 Å². The number of halogens is 1. The third-order valence-electron chi connectivity index (χ3n) is 0.505. The predicted octanol–water partition coefficient (Wildman–Crippen LogP) is 0.635. The Kier molecular flexibility index (Phi) is 2.68. The lowest BCUT2D eigenvalue weighted by atomic mass is 10.4. The zero-order valence-corrected chi connectivity index (χ0v) is 6.04. The van der Waals surface area contributed by atoms with E-state index in [1.54, 1.807) is 6.07 Å². The van der Waals surface area contributed by atoms with Crippen LogP contribution in [0.1, 0.15) is 0 Å². The Bertz CT molecular complexity index is 248. The summed E-state index contributed by atoms with van der Waals surface area (Å²) in [6.45, 7) is 3.13. The molecule has 0 atom stereocenters. The summed E-state index contributed by atoms with van der Waals surface area (Å²) in [5, 5.41) is 8.03. The van der Waals surface area contributed by atoms with Crippen LogP contribution in [0.3, 0.4) is 0 Å². The predicted molar refractivity (Wildman–Crippen MR) is 34.4 cm³/mol. The summed E-state index contributed by atoms with van der Waals surface area (Å²) < 4.78 is 20.3. The first-order chi connectivity index (χ1) is 3.95. The lowest BCUT2D eigenvalue weighted by Crippen LogP contribution is -1.97. The average molecular weight is 166 g/mol. The van der Waals surface area contributed by atoms with E-state index in [0.717, 1.165) is 0 Å². The van der Waals surface area contributed by atoms with E-state index >= 15 is 0 Å². The minimum atomic E-state index is -3.59. The van der Waals surface area contributed by atoms with E-state index in [0.29, 0.717) is 0 Å². The molecule has 0 radical (unpaired) electrons. The van der Waals surface area contributed by atoms with Crippen molar-refractivity contribution < 1.29 is 8.42 Å². The van der Waals surface area contributed by atoms with E-state index in [-0.39, 0.29) is 5.57 Å². The van der Waals surface area contributed by atoms with Crippen LogP contribution in [-0.4, -0.2) is 14.2 Å². The smallest absolute Gasteiger partial charge is 0.212 e. The van der Waals surface area contributed by atoms with Crippen molar-refractivity contribution in [2.24, 2.45) is 0 Å². The number of nitrogens with zero attached hydrogens (tertiary/aromatic N) is 1. The molecule has 0 aromatic rings. The van der Waals surface area contributed by atoms with Gasteiger partial charge in [0.2, 0.25) is 9.05 Å². The number of rotatable bonds is 2. The number of hydrogen-bond acceptors (Lipinski definition) is 3. The maximum Gasteiger partial charge on any atom is 0.237 e. The highest BCUT2D eigenvalue weighted by Crippen LogP contribution is 2.00. The lowest BCUT2D eigenvalue weighted by molar-refractivity contribution is 0.612. The van der Waals surface area contributed by atoms with Crippen LogP contribution >= 0.6 is 10.7 Å². The van der Waals surface area contributed by atoms with E-state index in [1.807, 2.05) is 0 Å². The highest BCUT2D eigenvalue weighted by Gasteiger charge is 2.05. The Morgan fingerprint density at radius 2 is 2.22 bits per heavy atom. The number of hydrogen-bond donors (Lipinski definition) is 0. The number of nitriles is 1. The van der Waals surface area contributed by atoms with Crippen LogP contribution in [0.25, 0.3) is 0 Å². The first-order valence-electron chi connectivity index (χ1n) is 1.96. The van der Waals surface area contributed by atoms with Crippen LogP contribution in [0.5, 0.6) is 0 Å². The highest BCUT2D eigenvalue weighted by atomic mass is 35.7. The van der Waals surface area contributed by atoms with Crippen LogP contribution in [0.2, 0.25) is 0 Å². The topological polar surface area (TPSA) is 57.9 Å². The maximum atomic E-state index is 10.2. The van der Waals surface area contributed by atoms with Gasteiger partial charge in [0.25, 0.3) is 0 Å². The van der Waals surface area contributed by atoms with E-state index in [4.69, 9.17) is 15.9 Å². The first-order valence-corrected chi connectivity index (χ1v) is 4.44. The average Bonchev–Trinajstić information content (AvgIpc) is 1.62. The molecule has 0 saturated heterocycles. The largest absolute Gasteiger partial charge is 0.237 e. The molecule has 5 heteroatoms. The highest BCUT2D eigenvalue weighted by molar-refractivity contribution is 8.13. The van der Waals surface area contributed by atoms with Gasteiger partial charge in [-0.25, -0.2) is 8.42 Å². The van der Waals surface area contributed by atoms with Crippen molar-refractivity contribution in [1.82, 2.24) is 0 Å². The lowest BCUT2D eigenvalue weighted by Gasteiger charge is -1.87. The molecular weight excluding hydrogens is 162 g/mol. The van der Waals surface area contributed by atoms with Crippen LogP contribution in [-0.2, 0) is 9.05 Å². The van der Waals surface area contributed by atoms with E-state index in [2.05, 4.69) is 6.58 Å². The van der Waals surface area contributed by atoms with Gasteiger partial charge in [0.05, 0.1) is 11.8 Å². The van der Waals surface area contributed by atoms with Crippen LogP contribution in [0, 0.1) is 11.3 Å². The fourth-order valence-corrected chi connectivity index (χ4v) is 1.12. The standard InChI is InChI=1S/C4H4ClNO2S/c1-4(2-6)3-9(5,7)8/h1,3H2. The molecule has 0 rings (SSSR count). The third kappa shape index (κ3) is 5.34. The second-order valence-corrected chi connectivity index (χ2v) is 4.18. The third-order valence-corrected chi connectivity index (χ3v) is 1.53. The summed E-state index contributed by atoms with van der Waals surface area (Å²) in [6, 6.07) is 1.56. The van der Waals surface area contributed by atoms with Crippen molar-refractivity contribution in [2.45, 2.75) is 0 Å². The zero-order chi connectivity index (χ0) is 7.49. The molecule has 0 bridgehead atoms. The molecule has 0 amide bonds. The van der Waals surface area contributed by atoms with Gasteiger partial charge in [-0.2, -0.15) is 5.26 Å². The van der Waals surface area contributed by atoms with Gasteiger partial charge < -0.3 is 0 Å². The molecule has 0 aliphatic rings. The second-order valence-electron chi connectivity index (χ2n) is 1.40. The summed E-state index contributed by atoms with van der Waals surface area (Å²) in [4.78, 5) is 0. The Hall–Kier alpha value is -0.530. The van der Waals surface area contributed by atoms with Crippen LogP contribution in [0.15, 0.2) is 12.2 Å². The quantitative estimate of drug-likeness (QED) is 0.446. The van der Waals surface area contributed by atoms with Crippen molar-refractivity contribution in [3.8, 4) is 6.07 Å². The fourth-order valence-electron chi connectivity index (χ4n) is 0.240. The van der Waals surface area contributed by atoms with Crippen molar-refractivity contribution in [1.29, 1.82) is 5.26 Å². The van der Waals surface area contributed by atoms with Crippen LogP contribution in [0.4, 0.5) is 0 Å². The molecule has 0 heterocycles. The van der Waals surface area contributed by atoms with E-state index in [9.17, 15) is 8.42 Å². The van der Waals surface area contributed by atoms with Gasteiger partial charge in [-0.15, -0.1) is 0 Å². The minimum absolute atomic E-state index is 0.0509. The molecule has 9 heavy (non-hydrogen) atoms. The molecule has 3 nitrogen and oxygen atoms in total. The molecule has 0 aliphatic carbocycles. The van der Waals surface area contributed by atoms with Gasteiger partial charge in [0.15, 0.2) is 0 Å². The van der Waals surface area contributed by atoms with Gasteiger partial charge in [0, 0.05) is 16.3 Å². The monoisotopic (exact) mass is 165 g/mol. The van der Waals surface area contributed by atoms with Crippen molar-refractivity contribution in [3.05, 3.63) is 12.2 Å². The molecule has 0 aromatic carbocycles. The van der Waals surface area contributed by atoms with E-state index in [1.165, 1.54) is 0 Å². The Labute approximate surface area is 58.0 Å². The van der Waals surface area contributed by atoms with Crippen molar-refractivity contribution in [3.63, 3.8) is 0 Å². The summed E-state index contributed by atoms with van der Waals surface area (Å²) in [7, 11) is 1.18. The maximum absolute atomic E-state index is 10.2. The summed E-state index contributed by atoms with van der Waals surface area (Å²) in [5.74, 6) is -0.467. The zero-order valence-electron chi connectivity index (χ0n) is 4.46. The normalized spacial score (nSPS) is 10.2. The van der Waals surface area contributed by atoms with Gasteiger partial charge in [0.1, 0.15) is 0 Å². The first kappa shape index (κ1) is 8.47. The molecule has 0 fully saturated rings. The molecule has 0 aliphatic heterocycles. The molecular formula is C4H4ClNO2S. The summed E-state index contributed by atoms with van der Waals surface area (Å²) in [5.41, 5.74) is -0.0509. The molecule has 0 spiro atoms. The molecule has 0 N–H and O–H groups in total.